The Morgan fingerprint density at radius 1 is 0.944 bits per heavy atom. The molecule has 0 spiro atoms. The lowest BCUT2D eigenvalue weighted by molar-refractivity contribution is 0.100. The Bertz CT molecular complexity index is 565. The van der Waals surface area contributed by atoms with Gasteiger partial charge in [0.2, 0.25) is 5.91 Å². The lowest BCUT2D eigenvalue weighted by Crippen LogP contribution is -2.15. The summed E-state index contributed by atoms with van der Waals surface area (Å²) in [6.07, 6.45) is 0. The highest BCUT2D eigenvalue weighted by atomic mass is 16.1. The molecular formula is C15H14N2O. The van der Waals surface area contributed by atoms with E-state index in [0.717, 1.165) is 18.8 Å². The van der Waals surface area contributed by atoms with Crippen molar-refractivity contribution in [1.82, 2.24) is 0 Å². The summed E-state index contributed by atoms with van der Waals surface area (Å²) in [6.45, 7) is 1.85. The summed E-state index contributed by atoms with van der Waals surface area (Å²) in [7, 11) is 0. The van der Waals surface area contributed by atoms with Crippen molar-refractivity contribution in [3.8, 4) is 0 Å². The first kappa shape index (κ1) is 10.8. The Morgan fingerprint density at radius 2 is 1.50 bits per heavy atom. The van der Waals surface area contributed by atoms with Crippen LogP contribution in [0.1, 0.15) is 21.5 Å². The summed E-state index contributed by atoms with van der Waals surface area (Å²) in [5.41, 5.74) is 9.65. The number of carbonyl (C=O) groups excluding carboxylic acids is 1. The third kappa shape index (κ3) is 1.84. The summed E-state index contributed by atoms with van der Waals surface area (Å²) in [5, 5.41) is 0. The molecular weight excluding hydrogens is 224 g/mol. The number of benzene rings is 2. The number of fused-ring (bicyclic) bond motifs is 1. The van der Waals surface area contributed by atoms with E-state index in [-0.39, 0.29) is 5.91 Å². The minimum absolute atomic E-state index is 0.383. The minimum Gasteiger partial charge on any atom is -0.366 e. The molecule has 0 radical (unpaired) electrons. The predicted molar refractivity (Wildman–Crippen MR) is 71.3 cm³/mol. The highest BCUT2D eigenvalue weighted by Gasteiger charge is 2.18. The van der Waals surface area contributed by atoms with Gasteiger partial charge in [0, 0.05) is 24.3 Å². The number of nitrogens with zero attached hydrogens (tertiary/aromatic N) is 1. The van der Waals surface area contributed by atoms with Gasteiger partial charge in [0.05, 0.1) is 0 Å². The largest absolute Gasteiger partial charge is 0.366 e. The smallest absolute Gasteiger partial charge is 0.248 e. The average Bonchev–Trinajstić information content (AvgIpc) is 2.82. The van der Waals surface area contributed by atoms with E-state index in [1.54, 1.807) is 12.1 Å². The Balaban J connectivity index is 1.84. The van der Waals surface area contributed by atoms with E-state index in [4.69, 9.17) is 5.73 Å². The van der Waals surface area contributed by atoms with Crippen molar-refractivity contribution >= 4 is 11.6 Å². The van der Waals surface area contributed by atoms with E-state index in [1.165, 1.54) is 11.1 Å². The number of hydrogen-bond acceptors (Lipinski definition) is 2. The molecule has 0 saturated carbocycles. The third-order valence-corrected chi connectivity index (χ3v) is 3.36. The van der Waals surface area contributed by atoms with E-state index in [0.29, 0.717) is 5.56 Å². The molecule has 18 heavy (non-hydrogen) atoms. The molecule has 1 aliphatic heterocycles. The van der Waals surface area contributed by atoms with Gasteiger partial charge in [0.25, 0.3) is 0 Å². The molecule has 2 aromatic rings. The van der Waals surface area contributed by atoms with Crippen molar-refractivity contribution in [2.24, 2.45) is 5.73 Å². The number of carbonyl (C=O) groups is 1. The number of anilines is 1. The van der Waals surface area contributed by atoms with Crippen molar-refractivity contribution in [3.05, 3.63) is 65.2 Å². The molecule has 90 valence electrons. The second-order valence-electron chi connectivity index (χ2n) is 4.54. The monoisotopic (exact) mass is 238 g/mol. The molecule has 3 rings (SSSR count). The summed E-state index contributed by atoms with van der Waals surface area (Å²) in [5.74, 6) is -0.383. The normalized spacial score (nSPS) is 13.4. The molecule has 0 aliphatic carbocycles. The second-order valence-corrected chi connectivity index (χ2v) is 4.54. The van der Waals surface area contributed by atoms with Gasteiger partial charge in [0.15, 0.2) is 0 Å². The number of rotatable bonds is 2. The predicted octanol–water partition coefficient (Wildman–Crippen LogP) is 2.31. The maximum atomic E-state index is 11.0. The summed E-state index contributed by atoms with van der Waals surface area (Å²) in [4.78, 5) is 13.3. The second kappa shape index (κ2) is 4.18. The van der Waals surface area contributed by atoms with Crippen LogP contribution in [-0.4, -0.2) is 5.91 Å². The Labute approximate surface area is 106 Å². The third-order valence-electron chi connectivity index (χ3n) is 3.36. The van der Waals surface area contributed by atoms with Crippen LogP contribution in [0.3, 0.4) is 0 Å². The molecule has 3 nitrogen and oxygen atoms in total. The van der Waals surface area contributed by atoms with Gasteiger partial charge in [-0.25, -0.2) is 0 Å². The SMILES string of the molecule is NC(=O)c1ccc(N2Cc3ccccc3C2)cc1. The Hall–Kier alpha value is -2.29. The molecule has 1 amide bonds. The topological polar surface area (TPSA) is 46.3 Å². The molecule has 0 saturated heterocycles. The van der Waals surface area contributed by atoms with Crippen LogP contribution in [0.25, 0.3) is 0 Å². The molecule has 0 atom stereocenters. The minimum atomic E-state index is -0.383. The lowest BCUT2D eigenvalue weighted by atomic mass is 10.1. The fraction of sp³-hybridized carbons (Fsp3) is 0.133. The van der Waals surface area contributed by atoms with Gasteiger partial charge in [-0.1, -0.05) is 24.3 Å². The molecule has 3 heteroatoms. The summed E-state index contributed by atoms with van der Waals surface area (Å²) in [6, 6.07) is 15.9. The molecule has 0 aromatic heterocycles. The van der Waals surface area contributed by atoms with Crippen molar-refractivity contribution in [1.29, 1.82) is 0 Å². The van der Waals surface area contributed by atoms with E-state index in [1.807, 2.05) is 12.1 Å². The first-order valence-electron chi connectivity index (χ1n) is 5.95. The van der Waals surface area contributed by atoms with Crippen molar-refractivity contribution in [3.63, 3.8) is 0 Å². The van der Waals surface area contributed by atoms with Gasteiger partial charge in [-0.05, 0) is 35.4 Å². The van der Waals surface area contributed by atoms with Crippen molar-refractivity contribution < 1.29 is 4.79 Å². The number of nitrogens with two attached hydrogens (primary N) is 1. The first-order chi connectivity index (χ1) is 8.74. The van der Waals surface area contributed by atoms with E-state index in [9.17, 15) is 4.79 Å². The fourth-order valence-corrected chi connectivity index (χ4v) is 2.35. The van der Waals surface area contributed by atoms with Crippen molar-refractivity contribution in [2.75, 3.05) is 4.90 Å². The Kier molecular flexibility index (Phi) is 2.52. The van der Waals surface area contributed by atoms with E-state index in [2.05, 4.69) is 29.2 Å². The zero-order chi connectivity index (χ0) is 12.5. The molecule has 2 N–H and O–H groups in total. The standard InChI is InChI=1S/C15H14N2O/c16-15(18)11-5-7-14(8-6-11)17-9-12-3-1-2-4-13(12)10-17/h1-8H,9-10H2,(H2,16,18). The zero-order valence-corrected chi connectivity index (χ0v) is 9.97. The van der Waals surface area contributed by atoms with Crippen LogP contribution in [0, 0.1) is 0 Å². The average molecular weight is 238 g/mol. The first-order valence-corrected chi connectivity index (χ1v) is 5.95. The molecule has 0 bridgehead atoms. The van der Waals surface area contributed by atoms with Crippen LogP contribution in [-0.2, 0) is 13.1 Å². The number of hydrogen-bond donors (Lipinski definition) is 1. The highest BCUT2D eigenvalue weighted by molar-refractivity contribution is 5.93. The summed E-state index contributed by atoms with van der Waals surface area (Å²) < 4.78 is 0. The quantitative estimate of drug-likeness (QED) is 0.872. The van der Waals surface area contributed by atoms with Crippen molar-refractivity contribution in [2.45, 2.75) is 13.1 Å². The van der Waals surface area contributed by atoms with Crippen LogP contribution in [0.4, 0.5) is 5.69 Å². The highest BCUT2D eigenvalue weighted by Crippen LogP contribution is 2.27. The van der Waals surface area contributed by atoms with Gasteiger partial charge in [0.1, 0.15) is 0 Å². The van der Waals surface area contributed by atoms with Gasteiger partial charge in [-0.15, -0.1) is 0 Å². The molecule has 0 unspecified atom stereocenters. The van der Waals surface area contributed by atoms with E-state index >= 15 is 0 Å². The van der Waals surface area contributed by atoms with Crippen LogP contribution >= 0.6 is 0 Å². The molecule has 2 aromatic carbocycles. The zero-order valence-electron chi connectivity index (χ0n) is 9.97. The molecule has 1 heterocycles. The molecule has 0 fully saturated rings. The number of amides is 1. The van der Waals surface area contributed by atoms with Gasteiger partial charge in [-0.3, -0.25) is 4.79 Å². The van der Waals surface area contributed by atoms with Gasteiger partial charge < -0.3 is 10.6 Å². The van der Waals surface area contributed by atoms with Crippen LogP contribution in [0.2, 0.25) is 0 Å². The fourth-order valence-electron chi connectivity index (χ4n) is 2.35. The Morgan fingerprint density at radius 3 is 2.00 bits per heavy atom. The van der Waals surface area contributed by atoms with Gasteiger partial charge in [-0.2, -0.15) is 0 Å². The summed E-state index contributed by atoms with van der Waals surface area (Å²) >= 11 is 0. The maximum Gasteiger partial charge on any atom is 0.248 e. The van der Waals surface area contributed by atoms with Crippen LogP contribution < -0.4 is 10.6 Å². The lowest BCUT2D eigenvalue weighted by Gasteiger charge is -2.17. The van der Waals surface area contributed by atoms with Crippen LogP contribution in [0.5, 0.6) is 0 Å². The van der Waals surface area contributed by atoms with Gasteiger partial charge >= 0.3 is 0 Å². The van der Waals surface area contributed by atoms with Crippen LogP contribution in [0.15, 0.2) is 48.5 Å². The van der Waals surface area contributed by atoms with E-state index < -0.39 is 0 Å². The number of primary amides is 1. The molecule has 1 aliphatic rings. The maximum absolute atomic E-state index is 11.0.